The minimum Gasteiger partial charge on any atom is -0.325 e. The summed E-state index contributed by atoms with van der Waals surface area (Å²) in [5.74, 6) is 0. The molecule has 0 aromatic carbocycles. The predicted octanol–water partition coefficient (Wildman–Crippen LogP) is 1.77. The molecule has 0 spiro atoms. The third kappa shape index (κ3) is 2.10. The molecule has 1 aliphatic rings. The Balaban J connectivity index is 0.000000396. The SMILES string of the molecule is CC.NCc1n[nH]c2c1CCCC2. The molecule has 0 atom stereocenters. The molecule has 0 radical (unpaired) electrons. The van der Waals surface area contributed by atoms with Crippen LogP contribution in [0.3, 0.4) is 0 Å². The van der Waals surface area contributed by atoms with E-state index in [9.17, 15) is 0 Å². The number of hydrogen-bond donors (Lipinski definition) is 2. The molecule has 0 unspecified atom stereocenters. The van der Waals surface area contributed by atoms with Crippen molar-refractivity contribution in [1.82, 2.24) is 10.2 Å². The lowest BCUT2D eigenvalue weighted by Crippen LogP contribution is -2.05. The highest BCUT2D eigenvalue weighted by Crippen LogP contribution is 2.21. The third-order valence-electron chi connectivity index (χ3n) is 2.34. The lowest BCUT2D eigenvalue weighted by Gasteiger charge is -2.09. The number of nitrogens with one attached hydrogen (secondary N) is 1. The maximum absolute atomic E-state index is 5.54. The Bertz CT molecular complexity index is 239. The van der Waals surface area contributed by atoms with Gasteiger partial charge in [-0.1, -0.05) is 13.8 Å². The van der Waals surface area contributed by atoms with Crippen molar-refractivity contribution in [2.45, 2.75) is 46.1 Å². The summed E-state index contributed by atoms with van der Waals surface area (Å²) in [6.45, 7) is 4.58. The fourth-order valence-corrected chi connectivity index (χ4v) is 1.72. The Kier molecular flexibility index (Phi) is 3.96. The Hall–Kier alpha value is -0.830. The van der Waals surface area contributed by atoms with E-state index in [0.29, 0.717) is 6.54 Å². The molecule has 2 rings (SSSR count). The van der Waals surface area contributed by atoms with E-state index in [4.69, 9.17) is 5.73 Å². The molecule has 0 amide bonds. The van der Waals surface area contributed by atoms with Gasteiger partial charge < -0.3 is 5.73 Å². The minimum absolute atomic E-state index is 0.575. The molecule has 0 aliphatic heterocycles. The van der Waals surface area contributed by atoms with Crippen LogP contribution in [0, 0.1) is 0 Å². The van der Waals surface area contributed by atoms with E-state index in [0.717, 1.165) is 12.1 Å². The standard InChI is InChI=1S/C8H13N3.C2H6/c9-5-8-6-3-1-2-4-7(6)10-11-8;1-2/h1-5,9H2,(H,10,11);1-2H3. The van der Waals surface area contributed by atoms with Crippen molar-refractivity contribution >= 4 is 0 Å². The number of aromatic nitrogens is 2. The molecule has 13 heavy (non-hydrogen) atoms. The van der Waals surface area contributed by atoms with E-state index in [2.05, 4.69) is 10.2 Å². The van der Waals surface area contributed by atoms with Crippen LogP contribution in [-0.4, -0.2) is 10.2 Å². The summed E-state index contributed by atoms with van der Waals surface area (Å²) in [7, 11) is 0. The van der Waals surface area contributed by atoms with Crippen molar-refractivity contribution < 1.29 is 0 Å². The van der Waals surface area contributed by atoms with Crippen LogP contribution in [0.15, 0.2) is 0 Å². The van der Waals surface area contributed by atoms with Crippen molar-refractivity contribution in [2.24, 2.45) is 5.73 Å². The molecule has 74 valence electrons. The number of fused-ring (bicyclic) bond motifs is 1. The first-order valence-electron chi connectivity index (χ1n) is 5.17. The largest absolute Gasteiger partial charge is 0.325 e. The van der Waals surface area contributed by atoms with Gasteiger partial charge in [-0.05, 0) is 31.2 Å². The monoisotopic (exact) mass is 181 g/mol. The maximum Gasteiger partial charge on any atom is 0.0792 e. The second kappa shape index (κ2) is 5.02. The maximum atomic E-state index is 5.54. The van der Waals surface area contributed by atoms with E-state index in [1.54, 1.807) is 0 Å². The fourth-order valence-electron chi connectivity index (χ4n) is 1.72. The first kappa shape index (κ1) is 10.3. The van der Waals surface area contributed by atoms with E-state index in [-0.39, 0.29) is 0 Å². The molecule has 1 aliphatic carbocycles. The Morgan fingerprint density at radius 1 is 1.31 bits per heavy atom. The summed E-state index contributed by atoms with van der Waals surface area (Å²) >= 11 is 0. The van der Waals surface area contributed by atoms with Crippen molar-refractivity contribution in [2.75, 3.05) is 0 Å². The van der Waals surface area contributed by atoms with Gasteiger partial charge in [0.2, 0.25) is 0 Å². The molecule has 1 aromatic heterocycles. The molecule has 3 nitrogen and oxygen atoms in total. The molecular weight excluding hydrogens is 162 g/mol. The van der Waals surface area contributed by atoms with Crippen LogP contribution in [0.5, 0.6) is 0 Å². The first-order valence-corrected chi connectivity index (χ1v) is 5.17. The lowest BCUT2D eigenvalue weighted by molar-refractivity contribution is 0.672. The van der Waals surface area contributed by atoms with Crippen LogP contribution in [0.4, 0.5) is 0 Å². The van der Waals surface area contributed by atoms with Gasteiger partial charge in [0.25, 0.3) is 0 Å². The number of rotatable bonds is 1. The zero-order chi connectivity index (χ0) is 9.68. The van der Waals surface area contributed by atoms with Crippen molar-refractivity contribution in [3.63, 3.8) is 0 Å². The van der Waals surface area contributed by atoms with Crippen LogP contribution in [-0.2, 0) is 19.4 Å². The van der Waals surface area contributed by atoms with Gasteiger partial charge in [-0.25, -0.2) is 0 Å². The van der Waals surface area contributed by atoms with Crippen molar-refractivity contribution in [1.29, 1.82) is 0 Å². The highest BCUT2D eigenvalue weighted by Gasteiger charge is 2.14. The molecule has 0 saturated carbocycles. The van der Waals surface area contributed by atoms with Crippen molar-refractivity contribution in [3.05, 3.63) is 17.0 Å². The van der Waals surface area contributed by atoms with Gasteiger partial charge in [-0.3, -0.25) is 5.10 Å². The van der Waals surface area contributed by atoms with Gasteiger partial charge in [0.1, 0.15) is 0 Å². The molecule has 0 fully saturated rings. The van der Waals surface area contributed by atoms with E-state index >= 15 is 0 Å². The zero-order valence-electron chi connectivity index (χ0n) is 8.56. The second-order valence-corrected chi connectivity index (χ2v) is 3.04. The molecule has 1 aromatic rings. The van der Waals surface area contributed by atoms with Crippen LogP contribution in [0.1, 0.15) is 43.6 Å². The van der Waals surface area contributed by atoms with E-state index in [1.807, 2.05) is 13.8 Å². The number of nitrogens with zero attached hydrogens (tertiary/aromatic N) is 1. The quantitative estimate of drug-likeness (QED) is 0.693. The van der Waals surface area contributed by atoms with Crippen LogP contribution in [0.2, 0.25) is 0 Å². The number of hydrogen-bond acceptors (Lipinski definition) is 2. The van der Waals surface area contributed by atoms with Crippen molar-refractivity contribution in [3.8, 4) is 0 Å². The number of H-pyrrole nitrogens is 1. The van der Waals surface area contributed by atoms with Gasteiger partial charge in [0.15, 0.2) is 0 Å². The van der Waals surface area contributed by atoms with E-state index in [1.165, 1.54) is 30.5 Å². The second-order valence-electron chi connectivity index (χ2n) is 3.04. The van der Waals surface area contributed by atoms with Gasteiger partial charge in [0, 0.05) is 12.2 Å². The summed E-state index contributed by atoms with van der Waals surface area (Å²) in [6.07, 6.45) is 4.90. The highest BCUT2D eigenvalue weighted by molar-refractivity contribution is 5.27. The Morgan fingerprint density at radius 2 is 2.00 bits per heavy atom. The number of nitrogens with two attached hydrogens (primary N) is 1. The summed E-state index contributed by atoms with van der Waals surface area (Å²) in [5, 5.41) is 7.21. The molecule has 0 bridgehead atoms. The third-order valence-corrected chi connectivity index (χ3v) is 2.34. The topological polar surface area (TPSA) is 54.7 Å². The minimum atomic E-state index is 0.575. The summed E-state index contributed by atoms with van der Waals surface area (Å²) in [6, 6.07) is 0. The Morgan fingerprint density at radius 3 is 2.69 bits per heavy atom. The van der Waals surface area contributed by atoms with E-state index < -0.39 is 0 Å². The molecule has 1 heterocycles. The van der Waals surface area contributed by atoms with Crippen LogP contribution >= 0.6 is 0 Å². The smallest absolute Gasteiger partial charge is 0.0792 e. The lowest BCUT2D eigenvalue weighted by atomic mass is 9.96. The normalized spacial score (nSPS) is 14.4. The molecular formula is C10H19N3. The zero-order valence-corrected chi connectivity index (χ0v) is 8.56. The Labute approximate surface area is 79.7 Å². The highest BCUT2D eigenvalue weighted by atomic mass is 15.1. The van der Waals surface area contributed by atoms with Gasteiger partial charge >= 0.3 is 0 Å². The van der Waals surface area contributed by atoms with Crippen LogP contribution in [0.25, 0.3) is 0 Å². The van der Waals surface area contributed by atoms with Crippen LogP contribution < -0.4 is 5.73 Å². The van der Waals surface area contributed by atoms with Gasteiger partial charge in [-0.15, -0.1) is 0 Å². The van der Waals surface area contributed by atoms with Gasteiger partial charge in [-0.2, -0.15) is 5.10 Å². The summed E-state index contributed by atoms with van der Waals surface area (Å²) in [5.41, 5.74) is 9.31. The number of aryl methyl sites for hydroxylation is 1. The van der Waals surface area contributed by atoms with Gasteiger partial charge in [0.05, 0.1) is 5.69 Å². The molecule has 0 saturated heterocycles. The average Bonchev–Trinajstić information content (AvgIpc) is 2.64. The fraction of sp³-hybridized carbons (Fsp3) is 0.700. The average molecular weight is 181 g/mol. The summed E-state index contributed by atoms with van der Waals surface area (Å²) in [4.78, 5) is 0. The summed E-state index contributed by atoms with van der Waals surface area (Å²) < 4.78 is 0. The molecule has 3 heteroatoms. The molecule has 3 N–H and O–H groups in total. The number of aromatic amines is 1. The first-order chi connectivity index (χ1) is 6.42. The predicted molar refractivity (Wildman–Crippen MR) is 54.5 cm³/mol.